The van der Waals surface area contributed by atoms with E-state index in [2.05, 4.69) is 10.6 Å². The summed E-state index contributed by atoms with van der Waals surface area (Å²) in [5, 5.41) is 6.60. The van der Waals surface area contributed by atoms with Crippen LogP contribution in [0.2, 0.25) is 5.02 Å². The summed E-state index contributed by atoms with van der Waals surface area (Å²) in [4.78, 5) is 11.8. The van der Waals surface area contributed by atoms with Crippen LogP contribution in [-0.4, -0.2) is 25.6 Å². The van der Waals surface area contributed by atoms with Crippen LogP contribution in [-0.2, 0) is 4.79 Å². The summed E-state index contributed by atoms with van der Waals surface area (Å²) >= 11 is 6.06. The van der Waals surface area contributed by atoms with E-state index in [9.17, 15) is 4.79 Å². The number of carbonyl (C=O) groups excluding carboxylic acids is 1. The molecule has 2 N–H and O–H groups in total. The zero-order chi connectivity index (χ0) is 13.0. The predicted octanol–water partition coefficient (Wildman–Crippen LogP) is 2.43. The van der Waals surface area contributed by atoms with Gasteiger partial charge in [-0.1, -0.05) is 11.6 Å². The average molecular weight is 269 g/mol. The number of halogens is 1. The van der Waals surface area contributed by atoms with Crippen molar-refractivity contribution in [3.05, 3.63) is 23.2 Å². The second kappa shape index (κ2) is 6.07. The summed E-state index contributed by atoms with van der Waals surface area (Å²) in [6.07, 6.45) is 2.69. The molecule has 1 aromatic carbocycles. The number of methoxy groups -OCH3 is 1. The molecule has 0 aliphatic carbocycles. The fraction of sp³-hybridized carbons (Fsp3) is 0.462. The lowest BCUT2D eigenvalue weighted by Crippen LogP contribution is -2.27. The van der Waals surface area contributed by atoms with Gasteiger partial charge in [-0.2, -0.15) is 0 Å². The van der Waals surface area contributed by atoms with Gasteiger partial charge in [-0.15, -0.1) is 0 Å². The van der Waals surface area contributed by atoms with Gasteiger partial charge in [-0.3, -0.25) is 4.79 Å². The SMILES string of the molecule is COc1ccc(NC(=O)CC2CCCN2)c(Cl)c1. The summed E-state index contributed by atoms with van der Waals surface area (Å²) in [6, 6.07) is 5.50. The average Bonchev–Trinajstić information content (AvgIpc) is 2.84. The van der Waals surface area contributed by atoms with Crippen LogP contribution >= 0.6 is 11.6 Å². The number of amides is 1. The maximum atomic E-state index is 11.8. The Labute approximate surface area is 112 Å². The highest BCUT2D eigenvalue weighted by Gasteiger charge is 2.18. The molecule has 0 saturated carbocycles. The summed E-state index contributed by atoms with van der Waals surface area (Å²) in [6.45, 7) is 1.00. The molecule has 4 nitrogen and oxygen atoms in total. The molecule has 0 aromatic heterocycles. The molecule has 18 heavy (non-hydrogen) atoms. The summed E-state index contributed by atoms with van der Waals surface area (Å²) in [5.74, 6) is 0.664. The second-order valence-electron chi connectivity index (χ2n) is 4.39. The first-order valence-electron chi connectivity index (χ1n) is 6.06. The lowest BCUT2D eigenvalue weighted by atomic mass is 10.1. The van der Waals surface area contributed by atoms with E-state index in [4.69, 9.17) is 16.3 Å². The monoisotopic (exact) mass is 268 g/mol. The van der Waals surface area contributed by atoms with Crippen LogP contribution in [0.4, 0.5) is 5.69 Å². The fourth-order valence-corrected chi connectivity index (χ4v) is 2.30. The van der Waals surface area contributed by atoms with Gasteiger partial charge in [0.2, 0.25) is 5.91 Å². The van der Waals surface area contributed by atoms with Gasteiger partial charge in [0.1, 0.15) is 5.75 Å². The second-order valence-corrected chi connectivity index (χ2v) is 4.80. The Morgan fingerprint density at radius 1 is 1.61 bits per heavy atom. The molecule has 1 saturated heterocycles. The first-order valence-corrected chi connectivity index (χ1v) is 6.43. The fourth-order valence-electron chi connectivity index (χ4n) is 2.08. The Balaban J connectivity index is 1.93. The molecule has 1 aliphatic heterocycles. The van der Waals surface area contributed by atoms with E-state index in [1.54, 1.807) is 25.3 Å². The van der Waals surface area contributed by atoms with Crippen LogP contribution in [0.3, 0.4) is 0 Å². The highest BCUT2D eigenvalue weighted by Crippen LogP contribution is 2.26. The maximum Gasteiger partial charge on any atom is 0.225 e. The predicted molar refractivity (Wildman–Crippen MR) is 72.3 cm³/mol. The van der Waals surface area contributed by atoms with E-state index in [-0.39, 0.29) is 5.91 Å². The van der Waals surface area contributed by atoms with Crippen LogP contribution in [0, 0.1) is 0 Å². The van der Waals surface area contributed by atoms with Crippen molar-refractivity contribution in [1.29, 1.82) is 0 Å². The van der Waals surface area contributed by atoms with Crippen molar-refractivity contribution in [3.63, 3.8) is 0 Å². The minimum atomic E-state index is -0.0125. The highest BCUT2D eigenvalue weighted by molar-refractivity contribution is 6.33. The number of ether oxygens (including phenoxy) is 1. The van der Waals surface area contributed by atoms with Crippen molar-refractivity contribution in [2.45, 2.75) is 25.3 Å². The molecule has 1 aliphatic rings. The van der Waals surface area contributed by atoms with Crippen molar-refractivity contribution in [3.8, 4) is 5.75 Å². The van der Waals surface area contributed by atoms with Gasteiger partial charge in [-0.05, 0) is 31.5 Å². The molecule has 1 amide bonds. The van der Waals surface area contributed by atoms with Gasteiger partial charge in [0.25, 0.3) is 0 Å². The zero-order valence-electron chi connectivity index (χ0n) is 10.3. The third kappa shape index (κ3) is 3.37. The molecule has 1 fully saturated rings. The van der Waals surface area contributed by atoms with Crippen LogP contribution < -0.4 is 15.4 Å². The van der Waals surface area contributed by atoms with E-state index in [1.165, 1.54) is 0 Å². The first-order chi connectivity index (χ1) is 8.69. The Kier molecular flexibility index (Phi) is 4.44. The van der Waals surface area contributed by atoms with Crippen molar-refractivity contribution in [2.24, 2.45) is 0 Å². The zero-order valence-corrected chi connectivity index (χ0v) is 11.1. The van der Waals surface area contributed by atoms with Crippen LogP contribution in [0.25, 0.3) is 0 Å². The molecule has 0 bridgehead atoms. The van der Waals surface area contributed by atoms with Gasteiger partial charge in [0.05, 0.1) is 17.8 Å². The van der Waals surface area contributed by atoms with Crippen molar-refractivity contribution >= 4 is 23.2 Å². The van der Waals surface area contributed by atoms with Crippen LogP contribution in [0.5, 0.6) is 5.75 Å². The number of benzene rings is 1. The standard InChI is InChI=1S/C13H17ClN2O2/c1-18-10-4-5-12(11(14)8-10)16-13(17)7-9-3-2-6-15-9/h4-5,8-9,15H,2-3,6-7H2,1H3,(H,16,17). The lowest BCUT2D eigenvalue weighted by molar-refractivity contribution is -0.116. The molecule has 0 spiro atoms. The van der Waals surface area contributed by atoms with E-state index in [0.29, 0.717) is 28.9 Å². The molecule has 1 heterocycles. The smallest absolute Gasteiger partial charge is 0.225 e. The number of hydrogen-bond donors (Lipinski definition) is 2. The van der Waals surface area contributed by atoms with Crippen molar-refractivity contribution in [1.82, 2.24) is 5.32 Å². The molecule has 98 valence electrons. The Morgan fingerprint density at radius 2 is 2.44 bits per heavy atom. The van der Waals surface area contributed by atoms with E-state index in [0.717, 1.165) is 19.4 Å². The van der Waals surface area contributed by atoms with Gasteiger partial charge >= 0.3 is 0 Å². The van der Waals surface area contributed by atoms with Gasteiger partial charge < -0.3 is 15.4 Å². The summed E-state index contributed by atoms with van der Waals surface area (Å²) in [5.41, 5.74) is 0.625. The Morgan fingerprint density at radius 3 is 3.06 bits per heavy atom. The Bertz CT molecular complexity index is 431. The number of nitrogens with one attached hydrogen (secondary N) is 2. The van der Waals surface area contributed by atoms with Crippen LogP contribution in [0.15, 0.2) is 18.2 Å². The molecule has 2 rings (SSSR count). The van der Waals surface area contributed by atoms with E-state index in [1.807, 2.05) is 0 Å². The number of carbonyl (C=O) groups is 1. The highest BCUT2D eigenvalue weighted by atomic mass is 35.5. The Hall–Kier alpha value is -1.26. The topological polar surface area (TPSA) is 50.4 Å². The number of rotatable bonds is 4. The molecule has 1 aromatic rings. The molecule has 5 heteroatoms. The number of anilines is 1. The molecular formula is C13H17ClN2O2. The number of hydrogen-bond acceptors (Lipinski definition) is 3. The largest absolute Gasteiger partial charge is 0.497 e. The quantitative estimate of drug-likeness (QED) is 0.882. The first kappa shape index (κ1) is 13.2. The van der Waals surface area contributed by atoms with Crippen molar-refractivity contribution in [2.75, 3.05) is 19.0 Å². The molecular weight excluding hydrogens is 252 g/mol. The lowest BCUT2D eigenvalue weighted by Gasteiger charge is -2.12. The molecule has 0 radical (unpaired) electrons. The van der Waals surface area contributed by atoms with Gasteiger partial charge in [0.15, 0.2) is 0 Å². The molecule has 1 unspecified atom stereocenters. The van der Waals surface area contributed by atoms with E-state index >= 15 is 0 Å². The summed E-state index contributed by atoms with van der Waals surface area (Å²) in [7, 11) is 1.58. The maximum absolute atomic E-state index is 11.8. The molecule has 1 atom stereocenters. The minimum Gasteiger partial charge on any atom is -0.497 e. The minimum absolute atomic E-state index is 0.0125. The van der Waals surface area contributed by atoms with Gasteiger partial charge in [0, 0.05) is 18.5 Å². The van der Waals surface area contributed by atoms with Crippen molar-refractivity contribution < 1.29 is 9.53 Å². The third-order valence-corrected chi connectivity index (χ3v) is 3.36. The van der Waals surface area contributed by atoms with Gasteiger partial charge in [-0.25, -0.2) is 0 Å². The summed E-state index contributed by atoms with van der Waals surface area (Å²) < 4.78 is 5.06. The van der Waals surface area contributed by atoms with Crippen LogP contribution in [0.1, 0.15) is 19.3 Å². The normalized spacial score (nSPS) is 18.7. The van der Waals surface area contributed by atoms with E-state index < -0.39 is 0 Å². The third-order valence-electron chi connectivity index (χ3n) is 3.04.